The molecular formula is C16H22N2O2Si. The first kappa shape index (κ1) is 15.7. The summed E-state index contributed by atoms with van der Waals surface area (Å²) in [6, 6.07) is 8.57. The second-order valence-electron chi connectivity index (χ2n) is 6.31. The lowest BCUT2D eigenvalue weighted by Crippen LogP contribution is -2.22. The van der Waals surface area contributed by atoms with Gasteiger partial charge >= 0.3 is 0 Å². The number of aldehydes is 1. The molecule has 0 radical (unpaired) electrons. The number of aromatic nitrogens is 2. The summed E-state index contributed by atoms with van der Waals surface area (Å²) < 4.78 is 7.75. The van der Waals surface area contributed by atoms with Crippen molar-refractivity contribution in [2.45, 2.75) is 32.4 Å². The van der Waals surface area contributed by atoms with Crippen LogP contribution in [-0.4, -0.2) is 30.5 Å². The summed E-state index contributed by atoms with van der Waals surface area (Å²) in [5.74, 6) is 0.862. The Labute approximate surface area is 126 Å². The van der Waals surface area contributed by atoms with Crippen molar-refractivity contribution in [3.8, 4) is 11.4 Å². The first-order valence-corrected chi connectivity index (χ1v) is 10.8. The molecule has 2 aromatic rings. The summed E-state index contributed by atoms with van der Waals surface area (Å²) in [7, 11) is -1.05. The van der Waals surface area contributed by atoms with Gasteiger partial charge in [-0.1, -0.05) is 43.9 Å². The minimum absolute atomic E-state index is 0.509. The van der Waals surface area contributed by atoms with E-state index in [9.17, 15) is 4.79 Å². The van der Waals surface area contributed by atoms with Gasteiger partial charge in [-0.2, -0.15) is 0 Å². The standard InChI is InChI=1S/C16H22N2O2Si/c1-21(2,3)11-10-20-13-18-9-8-17-16(18)15-6-4-14(12-19)5-7-15/h4-9,12H,10-11,13H2,1-3H3. The van der Waals surface area contributed by atoms with Crippen molar-refractivity contribution in [2.24, 2.45) is 0 Å². The lowest BCUT2D eigenvalue weighted by atomic mass is 10.1. The first-order chi connectivity index (χ1) is 9.99. The lowest BCUT2D eigenvalue weighted by Gasteiger charge is -2.16. The molecule has 0 aliphatic rings. The van der Waals surface area contributed by atoms with Crippen molar-refractivity contribution in [1.82, 2.24) is 9.55 Å². The number of carbonyl (C=O) groups is 1. The summed E-state index contributed by atoms with van der Waals surface area (Å²) in [5.41, 5.74) is 1.66. The number of nitrogens with zero attached hydrogens (tertiary/aromatic N) is 2. The van der Waals surface area contributed by atoms with Crippen molar-refractivity contribution < 1.29 is 9.53 Å². The van der Waals surface area contributed by atoms with Gasteiger partial charge in [0.15, 0.2) is 0 Å². The van der Waals surface area contributed by atoms with E-state index in [4.69, 9.17) is 4.74 Å². The van der Waals surface area contributed by atoms with Gasteiger partial charge in [-0.3, -0.25) is 4.79 Å². The number of benzene rings is 1. The fourth-order valence-electron chi connectivity index (χ4n) is 1.93. The maximum absolute atomic E-state index is 10.7. The smallest absolute Gasteiger partial charge is 0.150 e. The van der Waals surface area contributed by atoms with E-state index in [-0.39, 0.29) is 0 Å². The molecule has 0 aliphatic carbocycles. The third kappa shape index (κ3) is 4.65. The van der Waals surface area contributed by atoms with Crippen LogP contribution in [-0.2, 0) is 11.5 Å². The number of hydrogen-bond donors (Lipinski definition) is 0. The number of rotatable bonds is 7. The van der Waals surface area contributed by atoms with Gasteiger partial charge in [0.05, 0.1) is 0 Å². The molecule has 1 aromatic carbocycles. The van der Waals surface area contributed by atoms with Gasteiger partial charge in [-0.25, -0.2) is 4.98 Å². The normalized spacial score (nSPS) is 11.6. The summed E-state index contributed by atoms with van der Waals surface area (Å²) in [5, 5.41) is 0. The summed E-state index contributed by atoms with van der Waals surface area (Å²) >= 11 is 0. The van der Waals surface area contributed by atoms with Crippen molar-refractivity contribution in [3.63, 3.8) is 0 Å². The quantitative estimate of drug-likeness (QED) is 0.445. The van der Waals surface area contributed by atoms with Crippen LogP contribution in [0.4, 0.5) is 0 Å². The molecule has 0 saturated heterocycles. The van der Waals surface area contributed by atoms with Gasteiger partial charge in [-0.05, 0) is 6.04 Å². The SMILES string of the molecule is C[Si](C)(C)CCOCn1ccnc1-c1ccc(C=O)cc1. The molecule has 0 N–H and O–H groups in total. The van der Waals surface area contributed by atoms with E-state index in [1.165, 1.54) is 0 Å². The summed E-state index contributed by atoms with van der Waals surface area (Å²) in [6.07, 6.45) is 4.53. The van der Waals surface area contributed by atoms with Gasteiger partial charge in [0, 0.05) is 38.2 Å². The zero-order chi connectivity index (χ0) is 15.3. The third-order valence-electron chi connectivity index (χ3n) is 3.25. The summed E-state index contributed by atoms with van der Waals surface area (Å²) in [4.78, 5) is 15.1. The Kier molecular flexibility index (Phi) is 5.09. The molecule has 0 amide bonds. The highest BCUT2D eigenvalue weighted by atomic mass is 28.3. The molecule has 5 heteroatoms. The zero-order valence-corrected chi connectivity index (χ0v) is 13.9. The van der Waals surface area contributed by atoms with E-state index < -0.39 is 8.07 Å². The number of ether oxygens (including phenoxy) is 1. The van der Waals surface area contributed by atoms with Crippen LogP contribution in [0.25, 0.3) is 11.4 Å². The minimum Gasteiger partial charge on any atom is -0.361 e. The monoisotopic (exact) mass is 302 g/mol. The van der Waals surface area contributed by atoms with Crippen LogP contribution in [0.15, 0.2) is 36.7 Å². The van der Waals surface area contributed by atoms with Gasteiger partial charge in [0.1, 0.15) is 18.8 Å². The van der Waals surface area contributed by atoms with Gasteiger partial charge in [0.2, 0.25) is 0 Å². The van der Waals surface area contributed by atoms with Crippen molar-refractivity contribution >= 4 is 14.4 Å². The topological polar surface area (TPSA) is 44.1 Å². The highest BCUT2D eigenvalue weighted by Gasteiger charge is 2.12. The Balaban J connectivity index is 1.99. The highest BCUT2D eigenvalue weighted by Crippen LogP contribution is 2.18. The van der Waals surface area contributed by atoms with E-state index in [2.05, 4.69) is 24.6 Å². The predicted octanol–water partition coefficient (Wildman–Crippen LogP) is 3.67. The van der Waals surface area contributed by atoms with Crippen LogP contribution in [0.5, 0.6) is 0 Å². The molecule has 1 aromatic heterocycles. The average Bonchev–Trinajstić information content (AvgIpc) is 2.91. The van der Waals surface area contributed by atoms with E-state index in [1.54, 1.807) is 18.3 Å². The van der Waals surface area contributed by atoms with Gasteiger partial charge < -0.3 is 9.30 Å². The third-order valence-corrected chi connectivity index (χ3v) is 4.95. The molecule has 4 nitrogen and oxygen atoms in total. The molecule has 0 aliphatic heterocycles. The van der Waals surface area contributed by atoms with E-state index in [0.717, 1.165) is 30.3 Å². The number of imidazole rings is 1. The molecule has 0 fully saturated rings. The second-order valence-corrected chi connectivity index (χ2v) is 11.9. The molecule has 0 atom stereocenters. The van der Waals surface area contributed by atoms with Gasteiger partial charge in [-0.15, -0.1) is 0 Å². The predicted molar refractivity (Wildman–Crippen MR) is 87.2 cm³/mol. The molecule has 0 spiro atoms. The Hall–Kier alpha value is -1.72. The lowest BCUT2D eigenvalue weighted by molar-refractivity contribution is 0.0883. The first-order valence-electron chi connectivity index (χ1n) is 7.14. The Morgan fingerprint density at radius 2 is 1.95 bits per heavy atom. The fourth-order valence-corrected chi connectivity index (χ4v) is 2.68. The Bertz CT molecular complexity index is 585. The van der Waals surface area contributed by atoms with Crippen LogP contribution in [0.3, 0.4) is 0 Å². The molecule has 0 unspecified atom stereocenters. The van der Waals surface area contributed by atoms with Crippen LogP contribution >= 0.6 is 0 Å². The molecule has 0 saturated carbocycles. The average molecular weight is 302 g/mol. The second kappa shape index (κ2) is 6.82. The van der Waals surface area contributed by atoms with Gasteiger partial charge in [0.25, 0.3) is 0 Å². The highest BCUT2D eigenvalue weighted by molar-refractivity contribution is 6.76. The summed E-state index contributed by atoms with van der Waals surface area (Å²) in [6.45, 7) is 8.32. The van der Waals surface area contributed by atoms with E-state index in [0.29, 0.717) is 12.3 Å². The maximum Gasteiger partial charge on any atom is 0.150 e. The van der Waals surface area contributed by atoms with E-state index in [1.807, 2.05) is 22.9 Å². The number of carbonyl (C=O) groups excluding carboxylic acids is 1. The molecule has 2 rings (SSSR count). The van der Waals surface area contributed by atoms with E-state index >= 15 is 0 Å². The minimum atomic E-state index is -1.05. The molecule has 21 heavy (non-hydrogen) atoms. The zero-order valence-electron chi connectivity index (χ0n) is 12.9. The van der Waals surface area contributed by atoms with Crippen LogP contribution < -0.4 is 0 Å². The fraction of sp³-hybridized carbons (Fsp3) is 0.375. The largest absolute Gasteiger partial charge is 0.361 e. The van der Waals surface area contributed by atoms with Crippen LogP contribution in [0.2, 0.25) is 25.7 Å². The molecule has 1 heterocycles. The van der Waals surface area contributed by atoms with Crippen LogP contribution in [0.1, 0.15) is 10.4 Å². The van der Waals surface area contributed by atoms with Crippen molar-refractivity contribution in [1.29, 1.82) is 0 Å². The Morgan fingerprint density at radius 1 is 1.24 bits per heavy atom. The Morgan fingerprint density at radius 3 is 2.57 bits per heavy atom. The molecular weight excluding hydrogens is 280 g/mol. The number of hydrogen-bond acceptors (Lipinski definition) is 3. The molecule has 0 bridgehead atoms. The molecule has 112 valence electrons. The van der Waals surface area contributed by atoms with Crippen LogP contribution in [0, 0.1) is 0 Å². The van der Waals surface area contributed by atoms with Crippen molar-refractivity contribution in [2.75, 3.05) is 6.61 Å². The maximum atomic E-state index is 10.7. The van der Waals surface area contributed by atoms with Crippen molar-refractivity contribution in [3.05, 3.63) is 42.2 Å².